The van der Waals surface area contributed by atoms with Crippen molar-refractivity contribution in [2.75, 3.05) is 0 Å². The summed E-state index contributed by atoms with van der Waals surface area (Å²) in [5, 5.41) is 1.95. The molecule has 1 heterocycles. The van der Waals surface area contributed by atoms with E-state index in [-0.39, 0.29) is 6.04 Å². The van der Waals surface area contributed by atoms with E-state index in [0.717, 1.165) is 36.1 Å². The fourth-order valence-electron chi connectivity index (χ4n) is 2.92. The lowest BCUT2D eigenvalue weighted by Gasteiger charge is -2.23. The third-order valence-corrected chi connectivity index (χ3v) is 6.49. The van der Waals surface area contributed by atoms with Gasteiger partial charge < -0.3 is 0 Å². The second-order valence-corrected chi connectivity index (χ2v) is 8.51. The van der Waals surface area contributed by atoms with Crippen LogP contribution in [0, 0.1) is 0 Å². The quantitative estimate of drug-likeness (QED) is 0.865. The fourth-order valence-corrected chi connectivity index (χ4v) is 5.19. The van der Waals surface area contributed by atoms with E-state index in [4.69, 9.17) is 0 Å². The molecule has 1 aliphatic rings. The molecule has 0 radical (unpaired) electrons. The lowest BCUT2D eigenvalue weighted by atomic mass is 9.96. The molecular formula is C18H21NO2S2. The minimum absolute atomic E-state index is 0.0594. The minimum Gasteiger partial charge on any atom is -0.208 e. The Hall–Kier alpha value is -1.43. The van der Waals surface area contributed by atoms with Crippen LogP contribution in [0.4, 0.5) is 0 Å². The highest BCUT2D eigenvalue weighted by Crippen LogP contribution is 2.27. The van der Waals surface area contributed by atoms with Gasteiger partial charge in [0.25, 0.3) is 0 Å². The van der Waals surface area contributed by atoms with Crippen molar-refractivity contribution >= 4 is 32.3 Å². The van der Waals surface area contributed by atoms with Crippen molar-refractivity contribution in [2.24, 2.45) is 0 Å². The van der Waals surface area contributed by atoms with Gasteiger partial charge in [-0.3, -0.25) is 0 Å². The van der Waals surface area contributed by atoms with Crippen molar-refractivity contribution < 1.29 is 8.42 Å². The Labute approximate surface area is 142 Å². The molecule has 3 nitrogen and oxygen atoms in total. The van der Waals surface area contributed by atoms with Crippen LogP contribution in [0.3, 0.4) is 0 Å². The molecule has 1 saturated carbocycles. The second-order valence-electron chi connectivity index (χ2n) is 5.85. The molecule has 0 atom stereocenters. The number of hydrogen-bond donors (Lipinski definition) is 1. The van der Waals surface area contributed by atoms with Gasteiger partial charge in [-0.2, -0.15) is 0 Å². The molecule has 0 unspecified atom stereocenters. The molecule has 0 amide bonds. The van der Waals surface area contributed by atoms with Gasteiger partial charge in [0.1, 0.15) is 0 Å². The Morgan fingerprint density at radius 1 is 1.04 bits per heavy atom. The number of nitrogens with one attached hydrogen (secondary N) is 1. The summed E-state index contributed by atoms with van der Waals surface area (Å²) < 4.78 is 28.8. The topological polar surface area (TPSA) is 46.2 Å². The van der Waals surface area contributed by atoms with E-state index in [9.17, 15) is 8.42 Å². The van der Waals surface area contributed by atoms with Crippen molar-refractivity contribution in [3.05, 3.63) is 58.3 Å². The van der Waals surface area contributed by atoms with Gasteiger partial charge in [0, 0.05) is 10.9 Å². The first-order chi connectivity index (χ1) is 11.1. The summed E-state index contributed by atoms with van der Waals surface area (Å²) in [7, 11) is -3.53. The molecule has 1 aliphatic carbocycles. The second kappa shape index (κ2) is 7.43. The predicted molar refractivity (Wildman–Crippen MR) is 97.6 cm³/mol. The molecule has 1 N–H and O–H groups in total. The van der Waals surface area contributed by atoms with Gasteiger partial charge in [0.15, 0.2) is 0 Å². The smallest absolute Gasteiger partial charge is 0.208 e. The first kappa shape index (κ1) is 16.4. The maximum atomic E-state index is 13.0. The van der Waals surface area contributed by atoms with E-state index in [2.05, 4.69) is 4.72 Å². The molecule has 0 spiro atoms. The summed E-state index contributed by atoms with van der Waals surface area (Å²) >= 11 is 1.54. The van der Waals surface area contributed by atoms with Crippen LogP contribution in [0.2, 0.25) is 0 Å². The number of benzene rings is 1. The van der Waals surface area contributed by atoms with Gasteiger partial charge in [-0.05, 0) is 35.9 Å². The van der Waals surface area contributed by atoms with E-state index in [1.54, 1.807) is 6.08 Å². The molecule has 0 aliphatic heterocycles. The van der Waals surface area contributed by atoms with Gasteiger partial charge in [-0.1, -0.05) is 55.7 Å². The maximum absolute atomic E-state index is 13.0. The molecule has 2 aromatic rings. The number of hydrogen-bond acceptors (Lipinski definition) is 3. The molecule has 1 aromatic heterocycles. The fraction of sp³-hybridized carbons (Fsp3) is 0.333. The van der Waals surface area contributed by atoms with Gasteiger partial charge in [-0.15, -0.1) is 11.3 Å². The molecule has 23 heavy (non-hydrogen) atoms. The third-order valence-electron chi connectivity index (χ3n) is 4.09. The molecule has 0 bridgehead atoms. The Balaban J connectivity index is 1.94. The van der Waals surface area contributed by atoms with Crippen LogP contribution in [0.1, 0.15) is 42.5 Å². The Kier molecular flexibility index (Phi) is 5.30. The molecule has 1 fully saturated rings. The lowest BCUT2D eigenvalue weighted by molar-refractivity contribution is 0.414. The van der Waals surface area contributed by atoms with E-state index in [1.807, 2.05) is 47.8 Å². The number of thiophene rings is 1. The SMILES string of the molecule is O=S(=O)(NC1CCCCC1)/C(=C/c1cccs1)c1ccccc1. The zero-order valence-corrected chi connectivity index (χ0v) is 14.6. The van der Waals surface area contributed by atoms with Crippen LogP contribution in [-0.2, 0) is 10.0 Å². The van der Waals surface area contributed by atoms with Crippen molar-refractivity contribution in [1.29, 1.82) is 0 Å². The first-order valence-electron chi connectivity index (χ1n) is 7.98. The van der Waals surface area contributed by atoms with Gasteiger partial charge in [0.2, 0.25) is 10.0 Å². The van der Waals surface area contributed by atoms with E-state index < -0.39 is 10.0 Å². The summed E-state index contributed by atoms with van der Waals surface area (Å²) in [6.45, 7) is 0. The number of sulfonamides is 1. The average Bonchev–Trinajstić information content (AvgIpc) is 3.07. The summed E-state index contributed by atoms with van der Waals surface area (Å²) in [6, 6.07) is 13.3. The van der Waals surface area contributed by atoms with Crippen molar-refractivity contribution in [3.8, 4) is 0 Å². The van der Waals surface area contributed by atoms with Crippen LogP contribution in [0.25, 0.3) is 11.0 Å². The molecule has 0 saturated heterocycles. The monoisotopic (exact) mass is 347 g/mol. The van der Waals surface area contributed by atoms with Gasteiger partial charge in [-0.25, -0.2) is 13.1 Å². The Morgan fingerprint density at radius 2 is 1.78 bits per heavy atom. The highest BCUT2D eigenvalue weighted by atomic mass is 32.2. The van der Waals surface area contributed by atoms with Crippen LogP contribution in [0.5, 0.6) is 0 Å². The van der Waals surface area contributed by atoms with E-state index in [0.29, 0.717) is 4.91 Å². The summed E-state index contributed by atoms with van der Waals surface area (Å²) in [5.74, 6) is 0. The van der Waals surface area contributed by atoms with Gasteiger partial charge >= 0.3 is 0 Å². The van der Waals surface area contributed by atoms with Crippen molar-refractivity contribution in [3.63, 3.8) is 0 Å². The third kappa shape index (κ3) is 4.31. The standard InChI is InChI=1S/C18H21NO2S2/c20-23(21,19-16-10-5-2-6-11-16)18(14-17-12-7-13-22-17)15-8-3-1-4-9-15/h1,3-4,7-9,12-14,16,19H,2,5-6,10-11H2/b18-14+. The molecule has 122 valence electrons. The average molecular weight is 348 g/mol. The lowest BCUT2D eigenvalue weighted by Crippen LogP contribution is -2.36. The summed E-state index contributed by atoms with van der Waals surface area (Å²) in [6.07, 6.45) is 7.03. The van der Waals surface area contributed by atoms with Crippen LogP contribution < -0.4 is 4.72 Å². The van der Waals surface area contributed by atoms with Crippen LogP contribution in [-0.4, -0.2) is 14.5 Å². The normalized spacial score (nSPS) is 17.3. The molecule has 3 rings (SSSR count). The summed E-state index contributed by atoms with van der Waals surface area (Å²) in [5.41, 5.74) is 0.726. The predicted octanol–water partition coefficient (Wildman–Crippen LogP) is 4.50. The van der Waals surface area contributed by atoms with Crippen molar-refractivity contribution in [2.45, 2.75) is 38.1 Å². The van der Waals surface area contributed by atoms with Gasteiger partial charge in [0.05, 0.1) is 4.91 Å². The number of rotatable bonds is 5. The zero-order chi connectivity index (χ0) is 16.1. The minimum atomic E-state index is -3.53. The van der Waals surface area contributed by atoms with E-state index in [1.165, 1.54) is 17.8 Å². The van der Waals surface area contributed by atoms with Crippen LogP contribution >= 0.6 is 11.3 Å². The Morgan fingerprint density at radius 3 is 2.43 bits per heavy atom. The zero-order valence-electron chi connectivity index (χ0n) is 12.9. The first-order valence-corrected chi connectivity index (χ1v) is 10.3. The maximum Gasteiger partial charge on any atom is 0.241 e. The molecular weight excluding hydrogens is 326 g/mol. The molecule has 5 heteroatoms. The highest BCUT2D eigenvalue weighted by Gasteiger charge is 2.24. The summed E-state index contributed by atoms with van der Waals surface area (Å²) in [4.78, 5) is 1.30. The van der Waals surface area contributed by atoms with E-state index >= 15 is 0 Å². The Bertz CT molecular complexity index is 744. The molecule has 1 aromatic carbocycles. The highest BCUT2D eigenvalue weighted by molar-refractivity contribution is 7.99. The largest absolute Gasteiger partial charge is 0.241 e. The van der Waals surface area contributed by atoms with Crippen LogP contribution in [0.15, 0.2) is 47.8 Å². The van der Waals surface area contributed by atoms with Crippen molar-refractivity contribution in [1.82, 2.24) is 4.72 Å².